The zero-order valence-corrected chi connectivity index (χ0v) is 8.90. The van der Waals surface area contributed by atoms with Gasteiger partial charge in [-0.15, -0.1) is 0 Å². The van der Waals surface area contributed by atoms with Crippen molar-refractivity contribution in [3.63, 3.8) is 0 Å². The summed E-state index contributed by atoms with van der Waals surface area (Å²) in [5, 5.41) is 10.7. The molecule has 0 aromatic carbocycles. The Kier molecular flexibility index (Phi) is 2.29. The van der Waals surface area contributed by atoms with E-state index in [1.165, 1.54) is 18.4 Å². The Morgan fingerprint density at radius 2 is 2.19 bits per heavy atom. The van der Waals surface area contributed by atoms with Gasteiger partial charge in [-0.1, -0.05) is 0 Å². The number of H-pyrrole nitrogens is 1. The fraction of sp³-hybridized carbons (Fsp3) is 0.364. The maximum absolute atomic E-state index is 4.30. The van der Waals surface area contributed by atoms with Crippen molar-refractivity contribution in [1.82, 2.24) is 20.2 Å². The van der Waals surface area contributed by atoms with Crippen LogP contribution in [-0.4, -0.2) is 26.7 Å². The zero-order chi connectivity index (χ0) is 10.8. The van der Waals surface area contributed by atoms with E-state index in [0.717, 1.165) is 30.2 Å². The lowest BCUT2D eigenvalue weighted by Crippen LogP contribution is -1.99. The monoisotopic (exact) mass is 215 g/mol. The third kappa shape index (κ3) is 1.54. The molecule has 5 nitrogen and oxygen atoms in total. The Bertz CT molecular complexity index is 476. The third-order valence-corrected chi connectivity index (χ3v) is 2.83. The number of hydrogen-bond acceptors (Lipinski definition) is 4. The van der Waals surface area contributed by atoms with Crippen molar-refractivity contribution in [2.45, 2.75) is 19.3 Å². The van der Waals surface area contributed by atoms with Crippen molar-refractivity contribution in [2.75, 3.05) is 11.9 Å². The van der Waals surface area contributed by atoms with Crippen LogP contribution in [0.4, 0.5) is 5.82 Å². The van der Waals surface area contributed by atoms with E-state index in [-0.39, 0.29) is 0 Å². The van der Waals surface area contributed by atoms with Gasteiger partial charge in [0.15, 0.2) is 5.82 Å². The standard InChI is InChI=1S/C11H13N5/c1-2-4-14-11-8(3-1)10(15-16-11)9-7-12-5-6-13-9/h5-7H,1-4H2,(H2,14,15,16). The van der Waals surface area contributed by atoms with E-state index < -0.39 is 0 Å². The van der Waals surface area contributed by atoms with Crippen LogP contribution < -0.4 is 5.32 Å². The van der Waals surface area contributed by atoms with Gasteiger partial charge in [0, 0.05) is 24.5 Å². The van der Waals surface area contributed by atoms with Crippen LogP contribution in [0, 0.1) is 0 Å². The van der Waals surface area contributed by atoms with Gasteiger partial charge in [-0.2, -0.15) is 5.10 Å². The Morgan fingerprint density at radius 3 is 3.06 bits per heavy atom. The lowest BCUT2D eigenvalue weighted by atomic mass is 10.1. The normalized spacial score (nSPS) is 15.0. The molecular weight excluding hydrogens is 202 g/mol. The van der Waals surface area contributed by atoms with Crippen LogP contribution in [-0.2, 0) is 6.42 Å². The van der Waals surface area contributed by atoms with Crippen LogP contribution in [0.15, 0.2) is 18.6 Å². The molecule has 2 aromatic heterocycles. The van der Waals surface area contributed by atoms with Gasteiger partial charge >= 0.3 is 0 Å². The Morgan fingerprint density at radius 1 is 1.19 bits per heavy atom. The number of aromatic nitrogens is 4. The minimum atomic E-state index is 0.861. The van der Waals surface area contributed by atoms with Gasteiger partial charge in [-0.25, -0.2) is 0 Å². The molecule has 82 valence electrons. The van der Waals surface area contributed by atoms with Crippen LogP contribution >= 0.6 is 0 Å². The molecule has 2 aromatic rings. The van der Waals surface area contributed by atoms with E-state index in [1.54, 1.807) is 18.6 Å². The van der Waals surface area contributed by atoms with Gasteiger partial charge < -0.3 is 5.32 Å². The molecule has 0 amide bonds. The summed E-state index contributed by atoms with van der Waals surface area (Å²) in [5.41, 5.74) is 3.09. The highest BCUT2D eigenvalue weighted by Crippen LogP contribution is 2.28. The molecule has 0 fully saturated rings. The fourth-order valence-electron chi connectivity index (χ4n) is 2.03. The summed E-state index contributed by atoms with van der Waals surface area (Å²) in [7, 11) is 0. The van der Waals surface area contributed by atoms with Crippen LogP contribution in [0.3, 0.4) is 0 Å². The maximum Gasteiger partial charge on any atom is 0.151 e. The van der Waals surface area contributed by atoms with E-state index >= 15 is 0 Å². The number of fused-ring (bicyclic) bond motifs is 1. The molecule has 0 atom stereocenters. The van der Waals surface area contributed by atoms with Crippen molar-refractivity contribution in [2.24, 2.45) is 0 Å². The highest BCUT2D eigenvalue weighted by molar-refractivity contribution is 5.65. The molecule has 5 heteroatoms. The van der Waals surface area contributed by atoms with Crippen molar-refractivity contribution >= 4 is 5.82 Å². The van der Waals surface area contributed by atoms with Crippen LogP contribution in [0.5, 0.6) is 0 Å². The van der Waals surface area contributed by atoms with E-state index in [9.17, 15) is 0 Å². The average Bonchev–Trinajstić information content (AvgIpc) is 2.60. The first-order chi connectivity index (χ1) is 7.95. The Hall–Kier alpha value is -1.91. The zero-order valence-electron chi connectivity index (χ0n) is 8.90. The van der Waals surface area contributed by atoms with Crippen molar-refractivity contribution in [3.05, 3.63) is 24.2 Å². The summed E-state index contributed by atoms with van der Waals surface area (Å²) in [5.74, 6) is 0.971. The van der Waals surface area contributed by atoms with Gasteiger partial charge in [0.05, 0.1) is 11.9 Å². The number of aromatic amines is 1. The summed E-state index contributed by atoms with van der Waals surface area (Å²) < 4.78 is 0. The van der Waals surface area contributed by atoms with Gasteiger partial charge in [0.1, 0.15) is 5.69 Å². The number of nitrogens with zero attached hydrogens (tertiary/aromatic N) is 3. The molecule has 1 aliphatic rings. The molecule has 1 aliphatic heterocycles. The molecule has 0 bridgehead atoms. The fourth-order valence-corrected chi connectivity index (χ4v) is 2.03. The van der Waals surface area contributed by atoms with E-state index in [4.69, 9.17) is 0 Å². The molecule has 0 unspecified atom stereocenters. The van der Waals surface area contributed by atoms with Gasteiger partial charge in [0.2, 0.25) is 0 Å². The van der Waals surface area contributed by atoms with Crippen molar-refractivity contribution < 1.29 is 0 Å². The summed E-state index contributed by atoms with van der Waals surface area (Å²) in [6.07, 6.45) is 8.57. The average molecular weight is 215 g/mol. The smallest absolute Gasteiger partial charge is 0.151 e. The second-order valence-corrected chi connectivity index (χ2v) is 3.90. The van der Waals surface area contributed by atoms with Crippen LogP contribution in [0.2, 0.25) is 0 Å². The summed E-state index contributed by atoms with van der Waals surface area (Å²) in [4.78, 5) is 8.38. The lowest BCUT2D eigenvalue weighted by Gasteiger charge is -2.00. The first kappa shape index (κ1) is 9.33. The number of anilines is 1. The minimum Gasteiger partial charge on any atom is -0.368 e. The molecule has 3 heterocycles. The molecule has 0 aliphatic carbocycles. The second kappa shape index (κ2) is 3.92. The SMILES string of the molecule is c1cnc(-c2[nH]nc3c2CCCCN3)cn1. The van der Waals surface area contributed by atoms with E-state index in [2.05, 4.69) is 25.5 Å². The maximum atomic E-state index is 4.30. The number of hydrogen-bond donors (Lipinski definition) is 2. The quantitative estimate of drug-likeness (QED) is 0.758. The first-order valence-corrected chi connectivity index (χ1v) is 5.52. The van der Waals surface area contributed by atoms with E-state index in [0.29, 0.717) is 0 Å². The second-order valence-electron chi connectivity index (χ2n) is 3.90. The molecular formula is C11H13N5. The summed E-state index contributed by atoms with van der Waals surface area (Å²) >= 11 is 0. The Balaban J connectivity index is 2.06. The molecule has 3 rings (SSSR count). The van der Waals surface area contributed by atoms with Crippen molar-refractivity contribution in [3.8, 4) is 11.4 Å². The predicted molar refractivity (Wildman–Crippen MR) is 61.0 cm³/mol. The van der Waals surface area contributed by atoms with Crippen molar-refractivity contribution in [1.29, 1.82) is 0 Å². The minimum absolute atomic E-state index is 0.861. The Labute approximate surface area is 93.3 Å². The highest BCUT2D eigenvalue weighted by Gasteiger charge is 2.17. The third-order valence-electron chi connectivity index (χ3n) is 2.83. The van der Waals surface area contributed by atoms with Gasteiger partial charge in [0.25, 0.3) is 0 Å². The van der Waals surface area contributed by atoms with Crippen LogP contribution in [0.25, 0.3) is 11.4 Å². The predicted octanol–water partition coefficient (Wildman–Crippen LogP) is 1.61. The topological polar surface area (TPSA) is 66.5 Å². The summed E-state index contributed by atoms with van der Waals surface area (Å²) in [6, 6.07) is 0. The van der Waals surface area contributed by atoms with Gasteiger partial charge in [-0.3, -0.25) is 15.1 Å². The lowest BCUT2D eigenvalue weighted by molar-refractivity contribution is 0.783. The number of nitrogens with one attached hydrogen (secondary N) is 2. The largest absolute Gasteiger partial charge is 0.368 e. The van der Waals surface area contributed by atoms with Crippen LogP contribution in [0.1, 0.15) is 18.4 Å². The molecule has 0 saturated heterocycles. The molecule has 0 spiro atoms. The molecule has 2 N–H and O–H groups in total. The summed E-state index contributed by atoms with van der Waals surface area (Å²) in [6.45, 7) is 0.998. The molecule has 0 radical (unpaired) electrons. The highest BCUT2D eigenvalue weighted by atomic mass is 15.2. The number of rotatable bonds is 1. The van der Waals surface area contributed by atoms with Gasteiger partial charge in [-0.05, 0) is 19.3 Å². The first-order valence-electron chi connectivity index (χ1n) is 5.52. The molecule has 0 saturated carbocycles. The molecule has 16 heavy (non-hydrogen) atoms. The van der Waals surface area contributed by atoms with E-state index in [1.807, 2.05) is 0 Å².